The van der Waals surface area contributed by atoms with E-state index in [1.165, 1.54) is 372 Å². The summed E-state index contributed by atoms with van der Waals surface area (Å²) in [6.45, 7) is 11.3. The number of piperidine rings is 6. The predicted molar refractivity (Wildman–Crippen MR) is 555 cm³/mol. The van der Waals surface area contributed by atoms with E-state index in [0.717, 1.165) is 114 Å². The number of nitrogens with one attached hydrogen (secondary N) is 4. The summed E-state index contributed by atoms with van der Waals surface area (Å²) in [6.07, 6.45) is 115. The highest BCUT2D eigenvalue weighted by Gasteiger charge is 2.46. The maximum absolute atomic E-state index is 5.48. The molecule has 11 nitrogen and oxygen atoms in total. The van der Waals surface area contributed by atoms with E-state index < -0.39 is 0 Å². The van der Waals surface area contributed by atoms with Crippen molar-refractivity contribution >= 4 is 11.8 Å². The van der Waals surface area contributed by atoms with E-state index in [9.17, 15) is 0 Å². The fourth-order valence-electron chi connectivity index (χ4n) is 33.5. The third-order valence-electron chi connectivity index (χ3n) is 44.7. The normalized spacial score (nSPS) is 49.1. The molecule has 0 aromatic rings. The quantitative estimate of drug-likeness (QED) is 0.186. The van der Waals surface area contributed by atoms with Crippen LogP contribution >= 0.6 is 11.8 Å². The van der Waals surface area contributed by atoms with Crippen molar-refractivity contribution < 1.29 is 28.4 Å². The van der Waals surface area contributed by atoms with Gasteiger partial charge >= 0.3 is 0 Å². The third-order valence-corrected chi connectivity index (χ3v) is 46.3. The van der Waals surface area contributed by atoms with E-state index in [1.807, 2.05) is 0 Å². The second kappa shape index (κ2) is 50.5. The lowest BCUT2D eigenvalue weighted by Gasteiger charge is -2.49. The molecule has 4 N–H and O–H groups in total. The van der Waals surface area contributed by atoms with Crippen molar-refractivity contribution in [1.82, 2.24) is 26.2 Å². The molecular formula is C122H209N5O6S. The van der Waals surface area contributed by atoms with Crippen molar-refractivity contribution in [1.29, 1.82) is 0 Å². The minimum atomic E-state index is 0.653. The Hall–Kier alpha value is -0.0900. The average molecular weight is 1870 g/mol. The van der Waals surface area contributed by atoms with Crippen molar-refractivity contribution in [2.75, 3.05) is 64.8 Å². The second-order valence-electron chi connectivity index (χ2n) is 54.9. The van der Waals surface area contributed by atoms with Crippen molar-refractivity contribution in [3.8, 4) is 0 Å². The van der Waals surface area contributed by atoms with Crippen LogP contribution in [-0.4, -0.2) is 160 Å². The molecule has 0 radical (unpaired) electrons. The maximum atomic E-state index is 5.48. The Labute approximate surface area is 827 Å². The molecule has 6 unspecified atom stereocenters. The minimum Gasteiger partial charge on any atom is -0.378 e. The number of ether oxygens (including phenoxy) is 6. The topological polar surface area (TPSA) is 107 Å². The molecule has 53 aliphatic rings. The van der Waals surface area contributed by atoms with E-state index in [2.05, 4.69) is 37.9 Å². The zero-order chi connectivity index (χ0) is 89.6. The monoisotopic (exact) mass is 1870 g/mol. The van der Waals surface area contributed by atoms with Crippen molar-refractivity contribution in [2.45, 2.75) is 559 Å². The third kappa shape index (κ3) is 30.1. The first-order chi connectivity index (χ1) is 66.0. The summed E-state index contributed by atoms with van der Waals surface area (Å²) in [7, 11) is 0. The Morgan fingerprint density at radius 3 is 0.552 bits per heavy atom. The molecule has 30 saturated carbocycles. The molecule has 23 saturated heterocycles. The highest BCUT2D eigenvalue weighted by molar-refractivity contribution is 8.00. The van der Waals surface area contributed by atoms with Crippen LogP contribution in [0.15, 0.2) is 0 Å². The number of fused-ring (bicyclic) bond motifs is 34. The van der Waals surface area contributed by atoms with Gasteiger partial charge < -0.3 is 54.6 Å². The van der Waals surface area contributed by atoms with Crippen LogP contribution in [-0.2, 0) is 28.4 Å². The highest BCUT2D eigenvalue weighted by Crippen LogP contribution is 2.55. The molecule has 0 spiro atoms. The molecule has 0 aromatic carbocycles. The molecule has 6 atom stereocenters. The molecule has 0 amide bonds. The largest absolute Gasteiger partial charge is 0.378 e. The van der Waals surface area contributed by atoms with E-state index in [0.29, 0.717) is 54.9 Å². The first-order valence-corrected chi connectivity index (χ1v) is 63.2. The van der Waals surface area contributed by atoms with Gasteiger partial charge in [0.25, 0.3) is 0 Å². The number of hydrogen-bond acceptors (Lipinski definition) is 12. The summed E-state index contributed by atoms with van der Waals surface area (Å²) in [5.74, 6) is 28.7. The molecule has 134 heavy (non-hydrogen) atoms. The molecule has 53 rings (SSSR count). The van der Waals surface area contributed by atoms with E-state index in [4.69, 9.17) is 28.4 Å². The summed E-state index contributed by atoms with van der Waals surface area (Å²) >= 11 is 2.21. The summed E-state index contributed by atoms with van der Waals surface area (Å²) < 4.78 is 31.8. The molecule has 30 aliphatic carbocycles. The fourth-order valence-corrected chi connectivity index (χ4v) is 35.0. The summed E-state index contributed by atoms with van der Waals surface area (Å²) in [5.41, 5.74) is 0. The molecule has 12 heteroatoms. The molecule has 40 bridgehead atoms. The van der Waals surface area contributed by atoms with Crippen LogP contribution in [0.1, 0.15) is 469 Å². The SMILES string of the molecule is C1C2CC1C2.C1C2CC1C2.C1C2CC1O2.C1CC2CC1C2.C1CC2CC1C2.C1CC2CC1CN2.C1CC2CC1CO2.C1CC2CC1O2.C1CC2CCC1C2.C1CC2CCC1C2.C1CC2CCC1C2.C1CC2CCC1CC2.C1CC2CCC1CN2.C1CC2CCC1CO2.C1CC2CCC1CS2.C1CC2CCC1N2.C1CC2CCC1O2.C1CN2CCC1CC2.C1NC2CC1C2.C1OC2CC1C2. The van der Waals surface area contributed by atoms with Gasteiger partial charge in [-0.25, -0.2) is 0 Å². The van der Waals surface area contributed by atoms with E-state index >= 15 is 0 Å². The minimum absolute atomic E-state index is 0.653. The van der Waals surface area contributed by atoms with Gasteiger partial charge in [0.05, 0.1) is 54.9 Å². The van der Waals surface area contributed by atoms with E-state index in [-0.39, 0.29) is 0 Å². The standard InChI is InChI=1S/C8H14.2C7H13N.C7H12O.C7H12S.3C7H12.2C6H11N.2C6H10O.2C6H10.C5H9N.2C5H8O.2C5H8.C4H6O/c1-2-8-5-3-7(1)4-6-8;1-4-8-5-2-7(1)3-6-8;3*1-3-7-4-2-6(1)5-8-7;3*1-2-7-4-3-6(1)5-7;1-2-6-3-5(1)4-7-6;1-2-6-4-3-5(1)7-6;1-2-6-3-5(1)4-7-6;1-2-6-4-3-5(1)7-6;2*1-2-6-3-5(1)4-6;2*1-4-2-5(1)6-3-4;1-2-5-3-4(1)6-5;2*1-4-2-5(1)3-4;1-3-2-4(1)5-3/h7-8H,1-6H2;7H,1-6H2;6-8H,1-5H2;2*6-7H,1-5H2;3*6-7H,1-5H2;2*5-7H,1-4H2;2*5-6H,1-4H2;2*5-6H,1-4H2;4-6H,1-3H2;2*4-5H,1-3H2;2*4-5H,1-3H2;3-4H,1-2H2. The maximum Gasteiger partial charge on any atom is 0.0628 e. The lowest BCUT2D eigenvalue weighted by molar-refractivity contribution is -0.237. The lowest BCUT2D eigenvalue weighted by Crippen LogP contribution is -2.52. The van der Waals surface area contributed by atoms with Crippen LogP contribution in [0, 0.1) is 142 Å². The fraction of sp³-hybridized carbons (Fsp3) is 1.00. The predicted octanol–water partition coefficient (Wildman–Crippen LogP) is 28.6. The Bertz CT molecular complexity index is 2430. The van der Waals surface area contributed by atoms with Gasteiger partial charge in [0.15, 0.2) is 0 Å². The molecule has 0 aromatic heterocycles. The van der Waals surface area contributed by atoms with Crippen molar-refractivity contribution in [3.05, 3.63) is 0 Å². The molecular weight excluding hydrogens is 1660 g/mol. The first kappa shape index (κ1) is 99.9. The zero-order valence-corrected chi connectivity index (χ0v) is 87.3. The van der Waals surface area contributed by atoms with Crippen LogP contribution in [0.2, 0.25) is 0 Å². The number of thioether (sulfide) groups is 1. The van der Waals surface area contributed by atoms with Crippen LogP contribution in [0.5, 0.6) is 0 Å². The first-order valence-electron chi connectivity index (χ1n) is 62.1. The van der Waals surface area contributed by atoms with Crippen LogP contribution in [0.4, 0.5) is 0 Å². The molecule has 53 fully saturated rings. The summed E-state index contributed by atoms with van der Waals surface area (Å²) in [6, 6.07) is 4.61. The van der Waals surface area contributed by atoms with E-state index in [1.54, 1.807) is 225 Å². The van der Waals surface area contributed by atoms with Gasteiger partial charge in [-0.2, -0.15) is 11.8 Å². The Kier molecular flexibility index (Phi) is 37.7. The smallest absolute Gasteiger partial charge is 0.0628 e. The van der Waals surface area contributed by atoms with Crippen molar-refractivity contribution in [3.63, 3.8) is 0 Å². The Morgan fingerprint density at radius 1 is 0.164 bits per heavy atom. The molecule has 764 valence electrons. The average Bonchev–Trinajstić information content (AvgIpc) is 1.31. The number of nitrogens with zero attached hydrogens (tertiary/aromatic N) is 1. The van der Waals surface area contributed by atoms with Gasteiger partial charge in [0, 0.05) is 55.3 Å². The Balaban J connectivity index is 0.0000000848. The van der Waals surface area contributed by atoms with Gasteiger partial charge in [-0.1, -0.05) is 141 Å². The lowest BCUT2D eigenvalue weighted by atomic mass is 9.56. The van der Waals surface area contributed by atoms with Crippen LogP contribution in [0.25, 0.3) is 0 Å². The molecule has 23 aliphatic heterocycles. The van der Waals surface area contributed by atoms with Crippen molar-refractivity contribution in [2.24, 2.45) is 142 Å². The van der Waals surface area contributed by atoms with Gasteiger partial charge in [-0.05, 0) is 515 Å². The van der Waals surface area contributed by atoms with Gasteiger partial charge in [-0.3, -0.25) is 0 Å². The van der Waals surface area contributed by atoms with Gasteiger partial charge in [0.2, 0.25) is 0 Å². The molecule has 23 heterocycles. The van der Waals surface area contributed by atoms with Gasteiger partial charge in [0.1, 0.15) is 0 Å². The number of hydrogen-bond donors (Lipinski definition) is 4. The number of rotatable bonds is 0. The summed E-state index contributed by atoms with van der Waals surface area (Å²) in [5, 5.41) is 15.0. The van der Waals surface area contributed by atoms with Gasteiger partial charge in [-0.15, -0.1) is 0 Å². The van der Waals surface area contributed by atoms with Crippen LogP contribution < -0.4 is 21.3 Å². The Morgan fingerprint density at radius 2 is 0.448 bits per heavy atom. The second-order valence-corrected chi connectivity index (χ2v) is 56.2. The van der Waals surface area contributed by atoms with Crippen LogP contribution in [0.3, 0.4) is 0 Å². The summed E-state index contributed by atoms with van der Waals surface area (Å²) in [4.78, 5) is 2.58. The highest BCUT2D eigenvalue weighted by atomic mass is 32.2. The zero-order valence-electron chi connectivity index (χ0n) is 86.5.